The third-order valence-electron chi connectivity index (χ3n) is 4.92. The lowest BCUT2D eigenvalue weighted by atomic mass is 9.88. The Kier molecular flexibility index (Phi) is 5.84. The molecule has 0 saturated carbocycles. The van der Waals surface area contributed by atoms with Crippen molar-refractivity contribution in [1.29, 1.82) is 0 Å². The lowest BCUT2D eigenvalue weighted by Crippen LogP contribution is -2.40. The zero-order chi connectivity index (χ0) is 20.3. The van der Waals surface area contributed by atoms with Crippen molar-refractivity contribution >= 4 is 27.4 Å². The van der Waals surface area contributed by atoms with E-state index in [9.17, 15) is 18.0 Å². The molecule has 7 heteroatoms. The fraction of sp³-hybridized carbons (Fsp3) is 0.333. The third kappa shape index (κ3) is 4.98. The second kappa shape index (κ2) is 8.14. The first kappa shape index (κ1) is 20.1. The molecule has 0 aliphatic carbocycles. The minimum absolute atomic E-state index is 0.0620. The summed E-state index contributed by atoms with van der Waals surface area (Å²) in [6.45, 7) is 3.05. The minimum atomic E-state index is -3.35. The number of hydrogen-bond donors (Lipinski definition) is 1. The van der Waals surface area contributed by atoms with Gasteiger partial charge < -0.3 is 4.90 Å². The number of likely N-dealkylation sites (tertiary alicyclic amines) is 1. The van der Waals surface area contributed by atoms with Gasteiger partial charge in [-0.3, -0.25) is 14.3 Å². The van der Waals surface area contributed by atoms with E-state index in [1.54, 1.807) is 29.2 Å². The van der Waals surface area contributed by atoms with Crippen molar-refractivity contribution in [2.24, 2.45) is 5.92 Å². The zero-order valence-corrected chi connectivity index (χ0v) is 16.8. The first-order chi connectivity index (χ1) is 13.2. The lowest BCUT2D eigenvalue weighted by molar-refractivity contribution is 0.0650. The molecule has 28 heavy (non-hydrogen) atoms. The van der Waals surface area contributed by atoms with Gasteiger partial charge in [0.15, 0.2) is 5.78 Å². The summed E-state index contributed by atoms with van der Waals surface area (Å²) in [5, 5.41) is 0. The molecule has 0 spiro atoms. The number of benzene rings is 2. The number of sulfonamides is 1. The van der Waals surface area contributed by atoms with Crippen LogP contribution >= 0.6 is 0 Å². The molecule has 0 atom stereocenters. The third-order valence-corrected chi connectivity index (χ3v) is 5.53. The van der Waals surface area contributed by atoms with Crippen LogP contribution < -0.4 is 4.72 Å². The molecule has 148 valence electrons. The number of carbonyl (C=O) groups is 2. The highest BCUT2D eigenvalue weighted by molar-refractivity contribution is 7.92. The van der Waals surface area contributed by atoms with E-state index in [2.05, 4.69) is 4.72 Å². The van der Waals surface area contributed by atoms with E-state index in [0.717, 1.165) is 17.4 Å². The predicted octanol–water partition coefficient (Wildman–Crippen LogP) is 3.10. The molecule has 1 aliphatic rings. The van der Waals surface area contributed by atoms with Crippen molar-refractivity contribution in [3.63, 3.8) is 0 Å². The maximum Gasteiger partial charge on any atom is 0.253 e. The summed E-state index contributed by atoms with van der Waals surface area (Å²) in [7, 11) is -3.35. The summed E-state index contributed by atoms with van der Waals surface area (Å²) in [4.78, 5) is 27.1. The Hall–Kier alpha value is -2.67. The average Bonchev–Trinajstić information content (AvgIpc) is 2.67. The van der Waals surface area contributed by atoms with Crippen molar-refractivity contribution in [2.45, 2.75) is 19.8 Å². The number of ketones is 1. The van der Waals surface area contributed by atoms with Gasteiger partial charge in [-0.25, -0.2) is 8.42 Å². The molecular weight excluding hydrogens is 376 g/mol. The molecule has 1 amide bonds. The van der Waals surface area contributed by atoms with Crippen LogP contribution in [-0.2, 0) is 10.0 Å². The Morgan fingerprint density at radius 3 is 2.00 bits per heavy atom. The first-order valence-electron chi connectivity index (χ1n) is 9.21. The van der Waals surface area contributed by atoms with Crippen LogP contribution in [0, 0.1) is 12.8 Å². The highest BCUT2D eigenvalue weighted by Crippen LogP contribution is 2.23. The minimum Gasteiger partial charge on any atom is -0.339 e. The van der Waals surface area contributed by atoms with E-state index >= 15 is 0 Å². The van der Waals surface area contributed by atoms with Gasteiger partial charge >= 0.3 is 0 Å². The second-order valence-electron chi connectivity index (χ2n) is 7.25. The van der Waals surface area contributed by atoms with Crippen molar-refractivity contribution in [3.8, 4) is 0 Å². The number of carbonyl (C=O) groups excluding carboxylic acids is 2. The van der Waals surface area contributed by atoms with Crippen molar-refractivity contribution < 1.29 is 18.0 Å². The first-order valence-corrected chi connectivity index (χ1v) is 11.1. The van der Waals surface area contributed by atoms with E-state index in [1.165, 1.54) is 0 Å². The van der Waals surface area contributed by atoms with Gasteiger partial charge in [0.1, 0.15) is 0 Å². The summed E-state index contributed by atoms with van der Waals surface area (Å²) >= 11 is 0. The monoisotopic (exact) mass is 400 g/mol. The molecule has 0 radical (unpaired) electrons. The van der Waals surface area contributed by atoms with E-state index in [0.29, 0.717) is 37.2 Å². The fourth-order valence-electron chi connectivity index (χ4n) is 3.38. The summed E-state index contributed by atoms with van der Waals surface area (Å²) in [6.07, 6.45) is 2.37. The number of aryl methyl sites for hydroxylation is 1. The van der Waals surface area contributed by atoms with E-state index in [1.807, 2.05) is 31.2 Å². The van der Waals surface area contributed by atoms with Gasteiger partial charge in [-0.15, -0.1) is 0 Å². The molecule has 2 aromatic rings. The number of piperidine rings is 1. The van der Waals surface area contributed by atoms with Crippen LogP contribution in [0.3, 0.4) is 0 Å². The summed E-state index contributed by atoms with van der Waals surface area (Å²) < 4.78 is 24.9. The maximum absolute atomic E-state index is 12.7. The SMILES string of the molecule is Cc1ccc(C(=O)C2CCN(C(=O)c3ccc(NS(C)(=O)=O)cc3)CC2)cc1. The van der Waals surface area contributed by atoms with E-state index in [-0.39, 0.29) is 17.6 Å². The predicted molar refractivity (Wildman–Crippen MR) is 109 cm³/mol. The smallest absolute Gasteiger partial charge is 0.253 e. The van der Waals surface area contributed by atoms with Gasteiger partial charge in [0.2, 0.25) is 10.0 Å². The quantitative estimate of drug-likeness (QED) is 0.782. The van der Waals surface area contributed by atoms with Crippen LogP contribution in [-0.4, -0.2) is 44.4 Å². The number of nitrogens with zero attached hydrogens (tertiary/aromatic N) is 1. The summed E-state index contributed by atoms with van der Waals surface area (Å²) in [6, 6.07) is 14.0. The largest absolute Gasteiger partial charge is 0.339 e. The normalized spacial score (nSPS) is 15.3. The Bertz CT molecular complexity index is 958. The molecule has 6 nitrogen and oxygen atoms in total. The van der Waals surface area contributed by atoms with Gasteiger partial charge in [-0.2, -0.15) is 0 Å². The molecule has 1 aliphatic heterocycles. The molecule has 1 saturated heterocycles. The second-order valence-corrected chi connectivity index (χ2v) is 9.00. The van der Waals surface area contributed by atoms with Crippen molar-refractivity contribution in [2.75, 3.05) is 24.1 Å². The zero-order valence-electron chi connectivity index (χ0n) is 16.0. The van der Waals surface area contributed by atoms with Gasteiger partial charge in [0.05, 0.1) is 6.26 Å². The number of anilines is 1. The Morgan fingerprint density at radius 1 is 0.929 bits per heavy atom. The van der Waals surface area contributed by atoms with Crippen LogP contribution in [0.4, 0.5) is 5.69 Å². The molecule has 2 aromatic carbocycles. The number of amides is 1. The van der Waals surface area contributed by atoms with E-state index < -0.39 is 10.0 Å². The van der Waals surface area contributed by atoms with E-state index in [4.69, 9.17) is 0 Å². The molecular formula is C21H24N2O4S. The molecule has 1 heterocycles. The summed E-state index contributed by atoms with van der Waals surface area (Å²) in [5.41, 5.74) is 2.77. The molecule has 3 rings (SSSR count). The molecule has 1 fully saturated rings. The van der Waals surface area contributed by atoms with Crippen LogP contribution in [0.25, 0.3) is 0 Å². The van der Waals surface area contributed by atoms with Crippen molar-refractivity contribution in [1.82, 2.24) is 4.90 Å². The van der Waals surface area contributed by atoms with Crippen LogP contribution in [0.5, 0.6) is 0 Å². The molecule has 1 N–H and O–H groups in total. The van der Waals surface area contributed by atoms with Gasteiger partial charge in [0.25, 0.3) is 5.91 Å². The fourth-order valence-corrected chi connectivity index (χ4v) is 3.94. The summed E-state index contributed by atoms with van der Waals surface area (Å²) in [5.74, 6) is -0.0245. The average molecular weight is 401 g/mol. The number of rotatable bonds is 5. The molecule has 0 aromatic heterocycles. The number of Topliss-reactive ketones (excluding diaryl/α,β-unsaturated/α-hetero) is 1. The Labute approximate surface area is 165 Å². The highest BCUT2D eigenvalue weighted by Gasteiger charge is 2.28. The van der Waals surface area contributed by atoms with Gasteiger partial charge in [-0.1, -0.05) is 29.8 Å². The number of hydrogen-bond acceptors (Lipinski definition) is 4. The molecule has 0 bridgehead atoms. The lowest BCUT2D eigenvalue weighted by Gasteiger charge is -2.31. The van der Waals surface area contributed by atoms with Crippen LogP contribution in [0.15, 0.2) is 48.5 Å². The van der Waals surface area contributed by atoms with Crippen molar-refractivity contribution in [3.05, 3.63) is 65.2 Å². The Morgan fingerprint density at radius 2 is 1.46 bits per heavy atom. The standard InChI is InChI=1S/C21H24N2O4S/c1-15-3-5-16(6-4-15)20(24)17-11-13-23(14-12-17)21(25)18-7-9-19(10-8-18)22-28(2,26)27/h3-10,17,22H,11-14H2,1-2H3. The Balaban J connectivity index is 1.59. The maximum atomic E-state index is 12.7. The topological polar surface area (TPSA) is 83.6 Å². The highest BCUT2D eigenvalue weighted by atomic mass is 32.2. The number of nitrogens with one attached hydrogen (secondary N) is 1. The van der Waals surface area contributed by atoms with Gasteiger partial charge in [-0.05, 0) is 44.0 Å². The van der Waals surface area contributed by atoms with Crippen LogP contribution in [0.1, 0.15) is 39.1 Å². The van der Waals surface area contributed by atoms with Crippen LogP contribution in [0.2, 0.25) is 0 Å². The van der Waals surface area contributed by atoms with Gasteiger partial charge in [0, 0.05) is 35.8 Å². The molecule has 0 unspecified atom stereocenters.